The number of rotatable bonds is 6. The van der Waals surface area contributed by atoms with E-state index in [0.29, 0.717) is 5.76 Å². The van der Waals surface area contributed by atoms with Gasteiger partial charge in [0.25, 0.3) is 0 Å². The molecule has 0 aliphatic carbocycles. The first-order valence-corrected chi connectivity index (χ1v) is 9.55. The van der Waals surface area contributed by atoms with Crippen molar-refractivity contribution in [2.45, 2.75) is 31.8 Å². The minimum Gasteiger partial charge on any atom is -0.465 e. The van der Waals surface area contributed by atoms with Crippen LogP contribution in [-0.4, -0.2) is 12.7 Å². The molecule has 5 heteroatoms. The molecule has 4 nitrogen and oxygen atoms in total. The summed E-state index contributed by atoms with van der Waals surface area (Å²) in [4.78, 5) is 0.289. The van der Waals surface area contributed by atoms with E-state index in [9.17, 15) is 8.42 Å². The maximum atomic E-state index is 13.1. The summed E-state index contributed by atoms with van der Waals surface area (Å²) in [5.74, 6) is 1.39. The third-order valence-corrected chi connectivity index (χ3v) is 5.79. The van der Waals surface area contributed by atoms with Gasteiger partial charge in [-0.05, 0) is 43.7 Å². The molecule has 0 saturated carbocycles. The van der Waals surface area contributed by atoms with E-state index < -0.39 is 10.0 Å². The minimum atomic E-state index is -3.63. The fourth-order valence-corrected chi connectivity index (χ4v) is 4.01. The molecule has 3 aromatic rings. The molecule has 0 radical (unpaired) electrons. The summed E-state index contributed by atoms with van der Waals surface area (Å²) in [6.45, 7) is 4.26. The number of sulfonamides is 1. The van der Waals surface area contributed by atoms with E-state index >= 15 is 0 Å². The Balaban J connectivity index is 1.95. The van der Waals surface area contributed by atoms with Gasteiger partial charge in [0, 0.05) is 6.54 Å². The van der Waals surface area contributed by atoms with Crippen LogP contribution in [0.5, 0.6) is 0 Å². The molecule has 0 bridgehead atoms. The van der Waals surface area contributed by atoms with Gasteiger partial charge in [-0.1, -0.05) is 48.0 Å². The minimum absolute atomic E-state index is 0.193. The van der Waals surface area contributed by atoms with Crippen molar-refractivity contribution in [1.82, 2.24) is 4.31 Å². The molecule has 0 aliphatic heterocycles. The number of hydrogen-bond donors (Lipinski definition) is 0. The Bertz CT molecular complexity index is 929. The van der Waals surface area contributed by atoms with Gasteiger partial charge in [-0.2, -0.15) is 4.31 Å². The molecule has 3 rings (SSSR count). The van der Waals surface area contributed by atoms with Crippen LogP contribution in [-0.2, 0) is 23.1 Å². The summed E-state index contributed by atoms with van der Waals surface area (Å²) >= 11 is 0. The zero-order chi connectivity index (χ0) is 17.9. The Morgan fingerprint density at radius 2 is 1.52 bits per heavy atom. The zero-order valence-electron chi connectivity index (χ0n) is 14.3. The van der Waals surface area contributed by atoms with Crippen LogP contribution in [0.1, 0.15) is 22.6 Å². The normalized spacial score (nSPS) is 11.8. The third kappa shape index (κ3) is 4.18. The Kier molecular flexibility index (Phi) is 5.06. The summed E-state index contributed by atoms with van der Waals surface area (Å²) in [6, 6.07) is 20.1. The van der Waals surface area contributed by atoms with Crippen LogP contribution in [0.2, 0.25) is 0 Å². The highest BCUT2D eigenvalue weighted by Crippen LogP contribution is 2.22. The molecule has 1 aromatic heterocycles. The Morgan fingerprint density at radius 3 is 2.12 bits per heavy atom. The van der Waals surface area contributed by atoms with Gasteiger partial charge in [0.15, 0.2) is 0 Å². The maximum Gasteiger partial charge on any atom is 0.243 e. The Labute approximate surface area is 148 Å². The van der Waals surface area contributed by atoms with E-state index in [0.717, 1.165) is 16.9 Å². The summed E-state index contributed by atoms with van der Waals surface area (Å²) in [7, 11) is -3.63. The first kappa shape index (κ1) is 17.5. The number of benzene rings is 2. The molecule has 0 N–H and O–H groups in total. The summed E-state index contributed by atoms with van der Waals surface area (Å²) in [6.07, 6.45) is 0. The number of nitrogens with zero attached hydrogens (tertiary/aromatic N) is 1. The largest absolute Gasteiger partial charge is 0.465 e. The van der Waals surface area contributed by atoms with Crippen molar-refractivity contribution in [3.05, 3.63) is 89.4 Å². The van der Waals surface area contributed by atoms with E-state index in [4.69, 9.17) is 4.42 Å². The molecule has 0 unspecified atom stereocenters. The first-order chi connectivity index (χ1) is 11.9. The lowest BCUT2D eigenvalue weighted by Gasteiger charge is -2.21. The predicted molar refractivity (Wildman–Crippen MR) is 97.5 cm³/mol. The summed E-state index contributed by atoms with van der Waals surface area (Å²) < 4.78 is 33.3. The molecule has 0 fully saturated rings. The number of furan rings is 1. The van der Waals surface area contributed by atoms with Gasteiger partial charge >= 0.3 is 0 Å². The van der Waals surface area contributed by atoms with Crippen LogP contribution in [0.15, 0.2) is 76.0 Å². The SMILES string of the molecule is Cc1ccc(S(=O)(=O)N(Cc2ccccc2)Cc2ccc(C)o2)cc1. The van der Waals surface area contributed by atoms with Gasteiger partial charge < -0.3 is 4.42 Å². The van der Waals surface area contributed by atoms with E-state index in [1.54, 1.807) is 12.1 Å². The van der Waals surface area contributed by atoms with Crippen molar-refractivity contribution in [3.8, 4) is 0 Å². The average molecular weight is 355 g/mol. The molecule has 0 spiro atoms. The second-order valence-corrected chi connectivity index (χ2v) is 8.02. The van der Waals surface area contributed by atoms with Crippen molar-refractivity contribution in [2.75, 3.05) is 0 Å². The lowest BCUT2D eigenvalue weighted by Crippen LogP contribution is -2.30. The zero-order valence-corrected chi connectivity index (χ0v) is 15.2. The maximum absolute atomic E-state index is 13.1. The van der Waals surface area contributed by atoms with Crippen LogP contribution >= 0.6 is 0 Å². The number of aryl methyl sites for hydroxylation is 2. The van der Waals surface area contributed by atoms with Crippen LogP contribution < -0.4 is 0 Å². The quantitative estimate of drug-likeness (QED) is 0.663. The fraction of sp³-hybridized carbons (Fsp3) is 0.200. The standard InChI is InChI=1S/C20H21NO3S/c1-16-8-12-20(13-9-16)25(22,23)21(14-18-6-4-3-5-7-18)15-19-11-10-17(2)24-19/h3-13H,14-15H2,1-2H3. The topological polar surface area (TPSA) is 50.5 Å². The highest BCUT2D eigenvalue weighted by molar-refractivity contribution is 7.89. The van der Waals surface area contributed by atoms with Crippen molar-refractivity contribution >= 4 is 10.0 Å². The van der Waals surface area contributed by atoms with Gasteiger partial charge in [0.1, 0.15) is 11.5 Å². The fourth-order valence-electron chi connectivity index (χ4n) is 2.62. The van der Waals surface area contributed by atoms with E-state index in [1.165, 1.54) is 4.31 Å². The van der Waals surface area contributed by atoms with E-state index in [1.807, 2.05) is 68.4 Å². The number of hydrogen-bond acceptors (Lipinski definition) is 3. The molecule has 0 atom stereocenters. The van der Waals surface area contributed by atoms with Gasteiger partial charge in [0.2, 0.25) is 10.0 Å². The predicted octanol–water partition coefficient (Wildman–Crippen LogP) is 4.29. The van der Waals surface area contributed by atoms with Crippen LogP contribution in [0.4, 0.5) is 0 Å². The van der Waals surface area contributed by atoms with Crippen molar-refractivity contribution in [1.29, 1.82) is 0 Å². The molecule has 0 aliphatic rings. The molecule has 0 saturated heterocycles. The molecule has 130 valence electrons. The van der Waals surface area contributed by atoms with Gasteiger partial charge in [-0.3, -0.25) is 0 Å². The molecule has 0 amide bonds. The Hall–Kier alpha value is -2.37. The lowest BCUT2D eigenvalue weighted by molar-refractivity contribution is 0.353. The molecular weight excluding hydrogens is 334 g/mol. The molecular formula is C20H21NO3S. The van der Waals surface area contributed by atoms with Gasteiger partial charge in [-0.25, -0.2) is 8.42 Å². The smallest absolute Gasteiger partial charge is 0.243 e. The van der Waals surface area contributed by atoms with E-state index in [-0.39, 0.29) is 18.0 Å². The highest BCUT2D eigenvalue weighted by Gasteiger charge is 2.25. The first-order valence-electron chi connectivity index (χ1n) is 8.11. The van der Waals surface area contributed by atoms with Gasteiger partial charge in [0.05, 0.1) is 11.4 Å². The van der Waals surface area contributed by atoms with Gasteiger partial charge in [-0.15, -0.1) is 0 Å². The second kappa shape index (κ2) is 7.25. The molecule has 25 heavy (non-hydrogen) atoms. The van der Waals surface area contributed by atoms with E-state index in [2.05, 4.69) is 0 Å². The molecule has 2 aromatic carbocycles. The summed E-state index contributed by atoms with van der Waals surface area (Å²) in [5.41, 5.74) is 1.96. The monoisotopic (exact) mass is 355 g/mol. The lowest BCUT2D eigenvalue weighted by atomic mass is 10.2. The van der Waals surface area contributed by atoms with Crippen LogP contribution in [0.25, 0.3) is 0 Å². The average Bonchev–Trinajstić information content (AvgIpc) is 3.01. The Morgan fingerprint density at radius 1 is 0.840 bits per heavy atom. The highest BCUT2D eigenvalue weighted by atomic mass is 32.2. The molecule has 1 heterocycles. The summed E-state index contributed by atoms with van der Waals surface area (Å²) in [5, 5.41) is 0. The van der Waals surface area contributed by atoms with Crippen molar-refractivity contribution in [3.63, 3.8) is 0 Å². The van der Waals surface area contributed by atoms with Crippen LogP contribution in [0.3, 0.4) is 0 Å². The third-order valence-electron chi connectivity index (χ3n) is 3.99. The van der Waals surface area contributed by atoms with Crippen molar-refractivity contribution in [2.24, 2.45) is 0 Å². The van der Waals surface area contributed by atoms with Crippen LogP contribution in [0, 0.1) is 13.8 Å². The van der Waals surface area contributed by atoms with Crippen molar-refractivity contribution < 1.29 is 12.8 Å². The second-order valence-electron chi connectivity index (χ2n) is 6.08.